The molecule has 0 bridgehead atoms. The quantitative estimate of drug-likeness (QED) is 0.406. The second-order valence-corrected chi connectivity index (χ2v) is 3.79. The second kappa shape index (κ2) is 4.67. The Bertz CT molecular complexity index is 311. The number of nitrogens with zero attached hydrogens (tertiary/aromatic N) is 1. The van der Waals surface area contributed by atoms with Crippen molar-refractivity contribution in [3.63, 3.8) is 0 Å². The minimum atomic E-state index is -4.70. The molecule has 0 aromatic rings. The first-order valence-electron chi connectivity index (χ1n) is 3.48. The van der Waals surface area contributed by atoms with Gasteiger partial charge < -0.3 is 0 Å². The number of rotatable bonds is 4. The van der Waals surface area contributed by atoms with Gasteiger partial charge in [0.1, 0.15) is 0 Å². The number of alkyl halides is 3. The Morgan fingerprint density at radius 2 is 2.00 bits per heavy atom. The summed E-state index contributed by atoms with van der Waals surface area (Å²) in [7, 11) is 0.485. The van der Waals surface area contributed by atoms with Crippen molar-refractivity contribution in [2.24, 2.45) is 5.16 Å². The van der Waals surface area contributed by atoms with Crippen molar-refractivity contribution in [1.29, 1.82) is 0 Å². The van der Waals surface area contributed by atoms with Crippen LogP contribution in [0.25, 0.3) is 0 Å². The summed E-state index contributed by atoms with van der Waals surface area (Å²) >= 11 is 0. The van der Waals surface area contributed by atoms with Crippen LogP contribution in [0.5, 0.6) is 0 Å². The summed E-state index contributed by atoms with van der Waals surface area (Å²) in [6, 6.07) is 0. The van der Waals surface area contributed by atoms with Crippen LogP contribution in [0.15, 0.2) is 5.16 Å². The van der Waals surface area contributed by atoms with E-state index in [1.165, 1.54) is 6.92 Å². The predicted molar refractivity (Wildman–Crippen MR) is 44.4 cm³/mol. The molecule has 0 fully saturated rings. The molecule has 0 aliphatic carbocycles. The van der Waals surface area contributed by atoms with Crippen molar-refractivity contribution in [2.45, 2.75) is 19.5 Å². The lowest BCUT2D eigenvalue weighted by molar-refractivity contribution is -0.0620. The van der Waals surface area contributed by atoms with Crippen molar-refractivity contribution in [1.82, 2.24) is 0 Å². The zero-order chi connectivity index (χ0) is 11.4. The molecule has 0 spiro atoms. The lowest BCUT2D eigenvalue weighted by atomic mass is 10.2. The molecular formula is C5H7BF3NO3S. The molecule has 2 radical (unpaired) electrons. The van der Waals surface area contributed by atoms with E-state index in [1.54, 1.807) is 0 Å². The minimum Gasteiger partial charge on any atom is -0.269 e. The van der Waals surface area contributed by atoms with E-state index in [-0.39, 0.29) is 0 Å². The third kappa shape index (κ3) is 4.49. The van der Waals surface area contributed by atoms with Gasteiger partial charge in [-0.2, -0.15) is 21.6 Å². The van der Waals surface area contributed by atoms with Gasteiger partial charge in [-0.15, -0.1) is 0 Å². The monoisotopic (exact) mass is 229 g/mol. The summed E-state index contributed by atoms with van der Waals surface area (Å²) in [5.74, 6) is 0. The van der Waals surface area contributed by atoms with Gasteiger partial charge in [0.25, 0.3) is 0 Å². The van der Waals surface area contributed by atoms with Crippen LogP contribution in [-0.2, 0) is 14.4 Å². The number of hydrogen-bond acceptors (Lipinski definition) is 4. The van der Waals surface area contributed by atoms with E-state index in [9.17, 15) is 21.6 Å². The van der Waals surface area contributed by atoms with Crippen LogP contribution in [-0.4, -0.2) is 33.8 Å². The fraction of sp³-hybridized carbons (Fsp3) is 0.800. The van der Waals surface area contributed by atoms with Crippen molar-refractivity contribution >= 4 is 23.7 Å². The van der Waals surface area contributed by atoms with Crippen molar-refractivity contribution in [3.05, 3.63) is 0 Å². The molecule has 0 rings (SSSR count). The summed E-state index contributed by atoms with van der Waals surface area (Å²) in [5, 5.41) is 2.48. The largest absolute Gasteiger partial charge is 0.432 e. The highest BCUT2D eigenvalue weighted by Gasteiger charge is 2.35. The van der Waals surface area contributed by atoms with Crippen LogP contribution in [0.4, 0.5) is 13.2 Å². The van der Waals surface area contributed by atoms with E-state index in [0.29, 0.717) is 0 Å². The maximum absolute atomic E-state index is 12.0. The average Bonchev–Trinajstić information content (AvgIpc) is 2.03. The Hall–Kier alpha value is -0.725. The molecule has 4 nitrogen and oxygen atoms in total. The molecule has 9 heteroatoms. The normalized spacial score (nSPS) is 14.1. The Labute approximate surface area is 80.6 Å². The molecule has 0 aliphatic heterocycles. The van der Waals surface area contributed by atoms with Gasteiger partial charge in [-0.1, -0.05) is 12.1 Å². The van der Waals surface area contributed by atoms with Crippen molar-refractivity contribution in [2.75, 3.05) is 5.65 Å². The molecule has 0 heterocycles. The zero-order valence-electron chi connectivity index (χ0n) is 7.21. The van der Waals surface area contributed by atoms with E-state index in [0.717, 1.165) is 0 Å². The average molecular weight is 229 g/mol. The van der Waals surface area contributed by atoms with Gasteiger partial charge in [0.05, 0.1) is 7.85 Å². The summed E-state index contributed by atoms with van der Waals surface area (Å²) < 4.78 is 60.6. The molecular weight excluding hydrogens is 222 g/mol. The molecule has 0 aromatic carbocycles. The second-order valence-electron chi connectivity index (χ2n) is 2.19. The first-order valence-corrected chi connectivity index (χ1v) is 5.06. The SMILES string of the molecule is [B]CS(=O)(=O)O/N=C(/CC)C(F)(F)F. The maximum atomic E-state index is 12.0. The van der Waals surface area contributed by atoms with Crippen LogP contribution in [0.2, 0.25) is 0 Å². The Balaban J connectivity index is 4.66. The number of oxime groups is 1. The third-order valence-electron chi connectivity index (χ3n) is 1.13. The Morgan fingerprint density at radius 3 is 2.29 bits per heavy atom. The van der Waals surface area contributed by atoms with Gasteiger partial charge >= 0.3 is 16.3 Å². The van der Waals surface area contributed by atoms with Crippen LogP contribution >= 0.6 is 0 Å². The van der Waals surface area contributed by atoms with E-state index in [4.69, 9.17) is 0 Å². The smallest absolute Gasteiger partial charge is 0.269 e. The molecule has 0 aromatic heterocycles. The maximum Gasteiger partial charge on any atom is 0.432 e. The van der Waals surface area contributed by atoms with Gasteiger partial charge in [-0.3, -0.25) is 4.28 Å². The van der Waals surface area contributed by atoms with E-state index >= 15 is 0 Å². The molecule has 0 unspecified atom stereocenters. The van der Waals surface area contributed by atoms with Gasteiger partial charge in [0.2, 0.25) is 0 Å². The zero-order valence-corrected chi connectivity index (χ0v) is 8.02. The first kappa shape index (κ1) is 13.3. The summed E-state index contributed by atoms with van der Waals surface area (Å²) in [5.41, 5.74) is -2.24. The number of hydrogen-bond donors (Lipinski definition) is 0. The van der Waals surface area contributed by atoms with Crippen LogP contribution in [0.3, 0.4) is 0 Å². The Kier molecular flexibility index (Phi) is 4.43. The fourth-order valence-corrected chi connectivity index (χ4v) is 0.713. The van der Waals surface area contributed by atoms with Gasteiger partial charge in [-0.05, 0) is 6.42 Å². The van der Waals surface area contributed by atoms with Crippen molar-refractivity contribution in [3.8, 4) is 0 Å². The van der Waals surface area contributed by atoms with Gasteiger partial charge in [-0.25, -0.2) is 0 Å². The molecule has 0 saturated heterocycles. The summed E-state index contributed by atoms with van der Waals surface area (Å²) in [6.45, 7) is 1.17. The molecule has 0 saturated carbocycles. The molecule has 0 aliphatic rings. The van der Waals surface area contributed by atoms with E-state index in [1.807, 2.05) is 0 Å². The fourth-order valence-electron chi connectivity index (χ4n) is 0.449. The lowest BCUT2D eigenvalue weighted by Gasteiger charge is -2.06. The first-order chi connectivity index (χ1) is 6.23. The molecule has 80 valence electrons. The topological polar surface area (TPSA) is 55.7 Å². The lowest BCUT2D eigenvalue weighted by Crippen LogP contribution is -2.23. The molecule has 14 heavy (non-hydrogen) atoms. The van der Waals surface area contributed by atoms with Crippen LogP contribution < -0.4 is 0 Å². The standard InChI is InChI=1S/C5H7BF3NO3S/c1-2-4(5(7,8)9)10-13-14(11,12)3-6/h2-3H2,1H3/b10-4-. The molecule has 0 atom stereocenters. The highest BCUT2D eigenvalue weighted by molar-refractivity contribution is 7.87. The van der Waals surface area contributed by atoms with Gasteiger partial charge in [0.15, 0.2) is 5.71 Å². The van der Waals surface area contributed by atoms with Gasteiger partial charge in [0, 0.05) is 5.65 Å². The molecule has 0 N–H and O–H groups in total. The van der Waals surface area contributed by atoms with E-state index < -0.39 is 34.1 Å². The van der Waals surface area contributed by atoms with Crippen molar-refractivity contribution < 1.29 is 25.9 Å². The summed E-state index contributed by atoms with van der Waals surface area (Å²) in [6.07, 6.45) is -5.18. The highest BCUT2D eigenvalue weighted by atomic mass is 32.2. The molecule has 0 amide bonds. The third-order valence-corrected chi connectivity index (χ3v) is 1.84. The van der Waals surface area contributed by atoms with Crippen LogP contribution in [0, 0.1) is 0 Å². The highest BCUT2D eigenvalue weighted by Crippen LogP contribution is 2.19. The summed E-state index contributed by atoms with van der Waals surface area (Å²) in [4.78, 5) is 0. The minimum absolute atomic E-state index is 0.483. The predicted octanol–water partition coefficient (Wildman–Crippen LogP) is 0.787. The van der Waals surface area contributed by atoms with E-state index in [2.05, 4.69) is 17.3 Å². The number of halogens is 3. The Morgan fingerprint density at radius 1 is 1.50 bits per heavy atom. The van der Waals surface area contributed by atoms with Crippen LogP contribution in [0.1, 0.15) is 13.3 Å².